The minimum Gasteiger partial charge on any atom is -0.484 e. The van der Waals surface area contributed by atoms with E-state index in [0.717, 1.165) is 19.6 Å². The number of halogens is 1. The van der Waals surface area contributed by atoms with Crippen LogP contribution in [0.5, 0.6) is 5.75 Å². The van der Waals surface area contributed by atoms with Gasteiger partial charge in [-0.05, 0) is 25.1 Å². The summed E-state index contributed by atoms with van der Waals surface area (Å²) in [5, 5.41) is 3.86. The SMILES string of the molecule is C[C@H]1CNCCN1C(=O)COc1cccc(Cl)c1. The van der Waals surface area contributed by atoms with Crippen LogP contribution in [0.15, 0.2) is 24.3 Å². The number of benzene rings is 1. The molecular weight excluding hydrogens is 252 g/mol. The predicted molar refractivity (Wildman–Crippen MR) is 71.0 cm³/mol. The Bertz CT molecular complexity index is 425. The molecule has 4 nitrogen and oxygen atoms in total. The van der Waals surface area contributed by atoms with Gasteiger partial charge in [-0.15, -0.1) is 0 Å². The lowest BCUT2D eigenvalue weighted by molar-refractivity contribution is -0.136. The number of piperazine rings is 1. The first kappa shape index (κ1) is 13.2. The van der Waals surface area contributed by atoms with Gasteiger partial charge in [0.15, 0.2) is 6.61 Å². The Morgan fingerprint density at radius 3 is 3.17 bits per heavy atom. The molecule has 1 N–H and O–H groups in total. The summed E-state index contributed by atoms with van der Waals surface area (Å²) in [6, 6.07) is 7.29. The number of nitrogens with one attached hydrogen (secondary N) is 1. The number of ether oxygens (including phenoxy) is 1. The molecule has 1 aromatic carbocycles. The van der Waals surface area contributed by atoms with E-state index < -0.39 is 0 Å². The normalized spacial score (nSPS) is 19.7. The molecule has 5 heteroatoms. The van der Waals surface area contributed by atoms with Gasteiger partial charge in [-0.3, -0.25) is 4.79 Å². The van der Waals surface area contributed by atoms with E-state index in [4.69, 9.17) is 16.3 Å². The highest BCUT2D eigenvalue weighted by molar-refractivity contribution is 6.30. The maximum absolute atomic E-state index is 12.0. The van der Waals surface area contributed by atoms with Gasteiger partial charge in [0.1, 0.15) is 5.75 Å². The molecule has 1 fully saturated rings. The molecule has 1 aliphatic heterocycles. The van der Waals surface area contributed by atoms with Crippen LogP contribution in [0.25, 0.3) is 0 Å². The molecule has 0 unspecified atom stereocenters. The van der Waals surface area contributed by atoms with Crippen LogP contribution in [-0.2, 0) is 4.79 Å². The fourth-order valence-corrected chi connectivity index (χ4v) is 2.18. The van der Waals surface area contributed by atoms with Crippen molar-refractivity contribution in [1.82, 2.24) is 10.2 Å². The van der Waals surface area contributed by atoms with Crippen molar-refractivity contribution in [2.75, 3.05) is 26.2 Å². The Balaban J connectivity index is 1.88. The number of rotatable bonds is 3. The molecule has 18 heavy (non-hydrogen) atoms. The highest BCUT2D eigenvalue weighted by atomic mass is 35.5. The van der Waals surface area contributed by atoms with Gasteiger partial charge < -0.3 is 15.0 Å². The molecule has 0 spiro atoms. The summed E-state index contributed by atoms with van der Waals surface area (Å²) in [6.45, 7) is 4.50. The quantitative estimate of drug-likeness (QED) is 0.904. The number of hydrogen-bond donors (Lipinski definition) is 1. The average Bonchev–Trinajstić information content (AvgIpc) is 2.37. The Morgan fingerprint density at radius 1 is 1.61 bits per heavy atom. The van der Waals surface area contributed by atoms with Gasteiger partial charge in [0.05, 0.1) is 0 Å². The fourth-order valence-electron chi connectivity index (χ4n) is 2.00. The lowest BCUT2D eigenvalue weighted by Gasteiger charge is -2.33. The second-order valence-electron chi connectivity index (χ2n) is 4.39. The molecule has 2 rings (SSSR count). The molecule has 0 bridgehead atoms. The molecule has 1 aliphatic rings. The minimum atomic E-state index is 0.0176. The van der Waals surface area contributed by atoms with E-state index in [1.165, 1.54) is 0 Å². The Labute approximate surface area is 112 Å². The van der Waals surface area contributed by atoms with Crippen molar-refractivity contribution in [2.45, 2.75) is 13.0 Å². The van der Waals surface area contributed by atoms with Gasteiger partial charge in [-0.1, -0.05) is 17.7 Å². The summed E-state index contributed by atoms with van der Waals surface area (Å²) in [6.07, 6.45) is 0. The second kappa shape index (κ2) is 6.07. The van der Waals surface area contributed by atoms with Crippen LogP contribution in [-0.4, -0.2) is 43.1 Å². The zero-order valence-electron chi connectivity index (χ0n) is 10.4. The van der Waals surface area contributed by atoms with Gasteiger partial charge in [-0.2, -0.15) is 0 Å². The van der Waals surface area contributed by atoms with E-state index >= 15 is 0 Å². The molecule has 1 heterocycles. The summed E-state index contributed by atoms with van der Waals surface area (Å²) < 4.78 is 5.45. The molecule has 1 atom stereocenters. The average molecular weight is 269 g/mol. The first-order chi connectivity index (χ1) is 8.66. The van der Waals surface area contributed by atoms with Crippen molar-refractivity contribution in [3.05, 3.63) is 29.3 Å². The van der Waals surface area contributed by atoms with Crippen LogP contribution < -0.4 is 10.1 Å². The van der Waals surface area contributed by atoms with Crippen molar-refractivity contribution in [3.63, 3.8) is 0 Å². The van der Waals surface area contributed by atoms with Crippen LogP contribution in [0.3, 0.4) is 0 Å². The van der Waals surface area contributed by atoms with Crippen LogP contribution in [0.4, 0.5) is 0 Å². The Hall–Kier alpha value is -1.26. The third kappa shape index (κ3) is 3.37. The predicted octanol–water partition coefficient (Wildman–Crippen LogP) is 1.54. The standard InChI is InChI=1S/C13H17ClN2O2/c1-10-8-15-5-6-16(10)13(17)9-18-12-4-2-3-11(14)7-12/h2-4,7,10,15H,5-6,8-9H2,1H3/t10-/m0/s1. The lowest BCUT2D eigenvalue weighted by atomic mass is 10.2. The van der Waals surface area contributed by atoms with Crippen LogP contribution in [0.2, 0.25) is 5.02 Å². The number of hydrogen-bond acceptors (Lipinski definition) is 3. The zero-order chi connectivity index (χ0) is 13.0. The fraction of sp³-hybridized carbons (Fsp3) is 0.462. The summed E-state index contributed by atoms with van der Waals surface area (Å²) in [5.41, 5.74) is 0. The van der Waals surface area contributed by atoms with Crippen molar-refractivity contribution < 1.29 is 9.53 Å². The molecule has 0 aliphatic carbocycles. The van der Waals surface area contributed by atoms with Crippen LogP contribution in [0.1, 0.15) is 6.92 Å². The molecule has 0 saturated carbocycles. The molecular formula is C13H17ClN2O2. The third-order valence-corrected chi connectivity index (χ3v) is 3.22. The van der Waals surface area contributed by atoms with Crippen molar-refractivity contribution in [3.8, 4) is 5.75 Å². The van der Waals surface area contributed by atoms with Gasteiger partial charge in [0, 0.05) is 30.7 Å². The van der Waals surface area contributed by atoms with Crippen molar-refractivity contribution >= 4 is 17.5 Å². The summed E-state index contributed by atoms with van der Waals surface area (Å²) in [5.74, 6) is 0.641. The van der Waals surface area contributed by atoms with Gasteiger partial charge in [0.2, 0.25) is 0 Å². The monoisotopic (exact) mass is 268 g/mol. The summed E-state index contributed by atoms with van der Waals surface area (Å²) in [4.78, 5) is 13.9. The molecule has 0 aromatic heterocycles. The van der Waals surface area contributed by atoms with Crippen molar-refractivity contribution in [2.24, 2.45) is 0 Å². The molecule has 1 saturated heterocycles. The number of amides is 1. The molecule has 0 radical (unpaired) electrons. The summed E-state index contributed by atoms with van der Waals surface area (Å²) in [7, 11) is 0. The topological polar surface area (TPSA) is 41.6 Å². The Morgan fingerprint density at radius 2 is 2.44 bits per heavy atom. The maximum Gasteiger partial charge on any atom is 0.260 e. The van der Waals surface area contributed by atoms with E-state index in [9.17, 15) is 4.79 Å². The Kier molecular flexibility index (Phi) is 4.44. The largest absolute Gasteiger partial charge is 0.484 e. The van der Waals surface area contributed by atoms with E-state index in [1.807, 2.05) is 11.8 Å². The van der Waals surface area contributed by atoms with Crippen LogP contribution >= 0.6 is 11.6 Å². The van der Waals surface area contributed by atoms with Crippen molar-refractivity contribution in [1.29, 1.82) is 0 Å². The zero-order valence-corrected chi connectivity index (χ0v) is 11.1. The highest BCUT2D eigenvalue weighted by Gasteiger charge is 2.22. The van der Waals surface area contributed by atoms with Gasteiger partial charge in [-0.25, -0.2) is 0 Å². The molecule has 1 amide bonds. The molecule has 98 valence electrons. The number of carbonyl (C=O) groups is 1. The number of carbonyl (C=O) groups excluding carboxylic acids is 1. The van der Waals surface area contributed by atoms with Gasteiger partial charge >= 0.3 is 0 Å². The highest BCUT2D eigenvalue weighted by Crippen LogP contribution is 2.17. The maximum atomic E-state index is 12.0. The lowest BCUT2D eigenvalue weighted by Crippen LogP contribution is -2.53. The van der Waals surface area contributed by atoms with E-state index in [1.54, 1.807) is 24.3 Å². The smallest absolute Gasteiger partial charge is 0.260 e. The molecule has 1 aromatic rings. The van der Waals surface area contributed by atoms with E-state index in [0.29, 0.717) is 10.8 Å². The van der Waals surface area contributed by atoms with E-state index in [-0.39, 0.29) is 18.6 Å². The van der Waals surface area contributed by atoms with Crippen LogP contribution in [0, 0.1) is 0 Å². The summed E-state index contributed by atoms with van der Waals surface area (Å²) >= 11 is 5.85. The first-order valence-electron chi connectivity index (χ1n) is 6.05. The van der Waals surface area contributed by atoms with Gasteiger partial charge in [0.25, 0.3) is 5.91 Å². The second-order valence-corrected chi connectivity index (χ2v) is 4.82. The van der Waals surface area contributed by atoms with E-state index in [2.05, 4.69) is 5.32 Å². The third-order valence-electron chi connectivity index (χ3n) is 2.98. The minimum absolute atomic E-state index is 0.0176. The first-order valence-corrected chi connectivity index (χ1v) is 6.43. The number of nitrogens with zero attached hydrogens (tertiary/aromatic N) is 1.